The summed E-state index contributed by atoms with van der Waals surface area (Å²) in [4.78, 5) is 11.1. The number of thioether (sulfide) groups is 1. The van der Waals surface area contributed by atoms with Crippen molar-refractivity contribution < 1.29 is 9.53 Å². The Bertz CT molecular complexity index is 356. The van der Waals surface area contributed by atoms with E-state index in [0.717, 1.165) is 5.75 Å². The van der Waals surface area contributed by atoms with E-state index >= 15 is 0 Å². The quantitative estimate of drug-likeness (QED) is 0.543. The van der Waals surface area contributed by atoms with Crippen molar-refractivity contribution in [3.8, 4) is 0 Å². The fourth-order valence-corrected chi connectivity index (χ4v) is 2.32. The molecule has 0 radical (unpaired) electrons. The molecule has 0 aliphatic carbocycles. The Balaban J connectivity index is 2.48. The Morgan fingerprint density at radius 3 is 3.00 bits per heavy atom. The number of tetrazole rings is 1. The Morgan fingerprint density at radius 1 is 1.59 bits per heavy atom. The second-order valence-electron chi connectivity index (χ2n) is 3.90. The van der Waals surface area contributed by atoms with E-state index in [1.165, 1.54) is 24.6 Å². The number of esters is 1. The highest BCUT2D eigenvalue weighted by molar-refractivity contribution is 7.99. The molecule has 0 aliphatic heterocycles. The monoisotopic (exact) mass is 258 g/mol. The first-order valence-corrected chi connectivity index (χ1v) is 6.61. The van der Waals surface area contributed by atoms with E-state index in [9.17, 15) is 4.79 Å². The summed E-state index contributed by atoms with van der Waals surface area (Å²) in [5.41, 5.74) is 0. The van der Waals surface area contributed by atoms with Crippen LogP contribution in [0.3, 0.4) is 0 Å². The molecule has 0 spiro atoms. The second-order valence-corrected chi connectivity index (χ2v) is 4.89. The van der Waals surface area contributed by atoms with Gasteiger partial charge in [-0.1, -0.05) is 38.5 Å². The topological polar surface area (TPSA) is 69.9 Å². The molecular weight excluding hydrogens is 240 g/mol. The lowest BCUT2D eigenvalue weighted by atomic mass is 10.1. The SMILES string of the molecule is CCCC(C)CSc1nnnn1CC(=O)OC. The highest BCUT2D eigenvalue weighted by Gasteiger charge is 2.12. The Labute approximate surface area is 105 Å². The van der Waals surface area contributed by atoms with Crippen LogP contribution in [-0.4, -0.2) is 39.0 Å². The molecule has 6 nitrogen and oxygen atoms in total. The van der Waals surface area contributed by atoms with Crippen molar-refractivity contribution in [1.82, 2.24) is 20.2 Å². The molecule has 0 bridgehead atoms. The van der Waals surface area contributed by atoms with Crippen molar-refractivity contribution in [2.45, 2.75) is 38.4 Å². The zero-order valence-electron chi connectivity index (χ0n) is 10.4. The molecule has 0 fully saturated rings. The van der Waals surface area contributed by atoms with Gasteiger partial charge in [0.15, 0.2) is 0 Å². The maximum Gasteiger partial charge on any atom is 0.327 e. The van der Waals surface area contributed by atoms with Crippen molar-refractivity contribution in [2.24, 2.45) is 5.92 Å². The molecule has 17 heavy (non-hydrogen) atoms. The lowest BCUT2D eigenvalue weighted by Crippen LogP contribution is -2.14. The molecule has 96 valence electrons. The number of carbonyl (C=O) groups excluding carboxylic acids is 1. The van der Waals surface area contributed by atoms with Crippen LogP contribution in [0.15, 0.2) is 5.16 Å². The molecular formula is C10H18N4O2S. The Hall–Kier alpha value is -1.11. The van der Waals surface area contributed by atoms with Gasteiger partial charge in [0.1, 0.15) is 6.54 Å². The molecule has 1 heterocycles. The van der Waals surface area contributed by atoms with E-state index in [1.54, 1.807) is 11.8 Å². The summed E-state index contributed by atoms with van der Waals surface area (Å²) in [7, 11) is 1.35. The third-order valence-electron chi connectivity index (χ3n) is 2.28. The van der Waals surface area contributed by atoms with Crippen LogP contribution in [-0.2, 0) is 16.1 Å². The van der Waals surface area contributed by atoms with Gasteiger partial charge in [0.05, 0.1) is 7.11 Å². The van der Waals surface area contributed by atoms with Crippen molar-refractivity contribution in [2.75, 3.05) is 12.9 Å². The average molecular weight is 258 g/mol. The van der Waals surface area contributed by atoms with Gasteiger partial charge in [-0.15, -0.1) is 5.10 Å². The fraction of sp³-hybridized carbons (Fsp3) is 0.800. The number of carbonyl (C=O) groups is 1. The number of hydrogen-bond donors (Lipinski definition) is 0. The minimum absolute atomic E-state index is 0.0635. The lowest BCUT2D eigenvalue weighted by Gasteiger charge is -2.08. The van der Waals surface area contributed by atoms with E-state index in [4.69, 9.17) is 0 Å². The van der Waals surface area contributed by atoms with Crippen molar-refractivity contribution in [3.05, 3.63) is 0 Å². The summed E-state index contributed by atoms with van der Waals surface area (Å²) in [5, 5.41) is 11.9. The van der Waals surface area contributed by atoms with Crippen LogP contribution in [0.2, 0.25) is 0 Å². The highest BCUT2D eigenvalue weighted by atomic mass is 32.2. The summed E-state index contributed by atoms with van der Waals surface area (Å²) in [6, 6.07) is 0. The van der Waals surface area contributed by atoms with Crippen LogP contribution in [0.5, 0.6) is 0 Å². The molecule has 0 aliphatic rings. The summed E-state index contributed by atoms with van der Waals surface area (Å²) >= 11 is 1.57. The smallest absolute Gasteiger partial charge is 0.327 e. The van der Waals surface area contributed by atoms with Gasteiger partial charge in [0.25, 0.3) is 0 Å². The van der Waals surface area contributed by atoms with Gasteiger partial charge < -0.3 is 4.74 Å². The van der Waals surface area contributed by atoms with E-state index in [-0.39, 0.29) is 12.5 Å². The van der Waals surface area contributed by atoms with E-state index in [1.807, 2.05) is 0 Å². The van der Waals surface area contributed by atoms with E-state index < -0.39 is 0 Å². The number of ether oxygens (including phenoxy) is 1. The van der Waals surface area contributed by atoms with Crippen LogP contribution in [0.25, 0.3) is 0 Å². The zero-order chi connectivity index (χ0) is 12.7. The Kier molecular flexibility index (Phi) is 5.96. The number of methoxy groups -OCH3 is 1. The first-order chi connectivity index (χ1) is 8.17. The number of hydrogen-bond acceptors (Lipinski definition) is 6. The minimum Gasteiger partial charge on any atom is -0.468 e. The maximum absolute atomic E-state index is 11.1. The third kappa shape index (κ3) is 4.72. The van der Waals surface area contributed by atoms with Crippen molar-refractivity contribution in [1.29, 1.82) is 0 Å². The van der Waals surface area contributed by atoms with Crippen LogP contribution in [0.1, 0.15) is 26.7 Å². The predicted molar refractivity (Wildman–Crippen MR) is 64.6 cm³/mol. The number of rotatable bonds is 7. The van der Waals surface area contributed by atoms with E-state index in [2.05, 4.69) is 34.1 Å². The van der Waals surface area contributed by atoms with Gasteiger partial charge in [-0.05, 0) is 16.3 Å². The lowest BCUT2D eigenvalue weighted by molar-refractivity contribution is -0.141. The molecule has 1 atom stereocenters. The molecule has 0 amide bonds. The average Bonchev–Trinajstić information content (AvgIpc) is 2.74. The van der Waals surface area contributed by atoms with Gasteiger partial charge in [-0.2, -0.15) is 0 Å². The molecule has 1 rings (SSSR count). The normalized spacial score (nSPS) is 12.4. The first-order valence-electron chi connectivity index (χ1n) is 5.63. The summed E-state index contributed by atoms with van der Waals surface area (Å²) in [5.74, 6) is 1.23. The van der Waals surface area contributed by atoms with Crippen LogP contribution in [0.4, 0.5) is 0 Å². The van der Waals surface area contributed by atoms with Crippen molar-refractivity contribution in [3.63, 3.8) is 0 Å². The first kappa shape index (κ1) is 14.0. The van der Waals surface area contributed by atoms with Gasteiger partial charge >= 0.3 is 5.97 Å². The van der Waals surface area contributed by atoms with Gasteiger partial charge in [-0.3, -0.25) is 4.79 Å². The summed E-state index contributed by atoms with van der Waals surface area (Å²) < 4.78 is 6.05. The molecule has 0 saturated carbocycles. The van der Waals surface area contributed by atoms with Crippen LogP contribution >= 0.6 is 11.8 Å². The zero-order valence-corrected chi connectivity index (χ0v) is 11.2. The fourth-order valence-electron chi connectivity index (χ4n) is 1.38. The van der Waals surface area contributed by atoms with Crippen LogP contribution < -0.4 is 0 Å². The van der Waals surface area contributed by atoms with Crippen molar-refractivity contribution >= 4 is 17.7 Å². The Morgan fingerprint density at radius 2 is 2.35 bits per heavy atom. The maximum atomic E-state index is 11.1. The highest BCUT2D eigenvalue weighted by Crippen LogP contribution is 2.19. The predicted octanol–water partition coefficient (Wildman–Crippen LogP) is 1.37. The standard InChI is InChI=1S/C10H18N4O2S/c1-4-5-8(2)7-17-10-11-12-13-14(10)6-9(15)16-3/h8H,4-7H2,1-3H3. The van der Waals surface area contributed by atoms with Gasteiger partial charge in [-0.25, -0.2) is 4.68 Å². The third-order valence-corrected chi connectivity index (χ3v) is 3.57. The molecule has 7 heteroatoms. The summed E-state index contributed by atoms with van der Waals surface area (Å²) in [6.45, 7) is 4.43. The van der Waals surface area contributed by atoms with Gasteiger partial charge in [0.2, 0.25) is 5.16 Å². The number of aromatic nitrogens is 4. The molecule has 0 N–H and O–H groups in total. The summed E-state index contributed by atoms with van der Waals surface area (Å²) in [6.07, 6.45) is 2.36. The molecule has 1 aromatic rings. The molecule has 0 saturated heterocycles. The second kappa shape index (κ2) is 7.26. The van der Waals surface area contributed by atoms with E-state index in [0.29, 0.717) is 11.1 Å². The molecule has 0 aromatic carbocycles. The van der Waals surface area contributed by atoms with Gasteiger partial charge in [0, 0.05) is 5.75 Å². The number of nitrogens with zero attached hydrogens (tertiary/aromatic N) is 4. The minimum atomic E-state index is -0.347. The molecule has 1 aromatic heterocycles. The largest absolute Gasteiger partial charge is 0.468 e. The molecule has 1 unspecified atom stereocenters. The van der Waals surface area contributed by atoms with Crippen LogP contribution in [0, 0.1) is 5.92 Å².